The molecule has 0 saturated heterocycles. The minimum atomic E-state index is 0. The average Bonchev–Trinajstić information content (AvgIpc) is 3.28. The van der Waals surface area contributed by atoms with Crippen molar-refractivity contribution in [3.63, 3.8) is 0 Å². The van der Waals surface area contributed by atoms with E-state index in [9.17, 15) is 0 Å². The zero-order chi connectivity index (χ0) is 17.5. The molecule has 1 aliphatic rings. The first-order valence-electron chi connectivity index (χ1n) is 8.77. The maximum absolute atomic E-state index is 5.89. The molecule has 2 N–H and O–H groups in total. The molecule has 0 atom stereocenters. The molecule has 1 saturated carbocycles. The number of aromatic nitrogens is 3. The number of guanidine groups is 1. The highest BCUT2D eigenvalue weighted by Crippen LogP contribution is 2.22. The second kappa shape index (κ2) is 10.3. The van der Waals surface area contributed by atoms with E-state index in [1.165, 1.54) is 12.8 Å². The van der Waals surface area contributed by atoms with E-state index >= 15 is 0 Å². The van der Waals surface area contributed by atoms with Gasteiger partial charge < -0.3 is 15.4 Å². The van der Waals surface area contributed by atoms with Gasteiger partial charge in [0.2, 0.25) is 5.88 Å². The van der Waals surface area contributed by atoms with Crippen molar-refractivity contribution in [3.8, 4) is 5.88 Å². The third-order valence-corrected chi connectivity index (χ3v) is 4.43. The fourth-order valence-electron chi connectivity index (χ4n) is 2.92. The summed E-state index contributed by atoms with van der Waals surface area (Å²) in [6.07, 6.45) is 8.79. The molecule has 3 rings (SSSR count). The lowest BCUT2D eigenvalue weighted by Crippen LogP contribution is -2.36. The van der Waals surface area contributed by atoms with Gasteiger partial charge in [0, 0.05) is 39.1 Å². The molecule has 2 aromatic heterocycles. The Morgan fingerprint density at radius 1 is 1.23 bits per heavy atom. The average molecular weight is 470 g/mol. The van der Waals surface area contributed by atoms with Crippen LogP contribution in [0.2, 0.25) is 0 Å². The van der Waals surface area contributed by atoms with Gasteiger partial charge in [0.15, 0.2) is 5.96 Å². The largest absolute Gasteiger partial charge is 0.474 e. The number of rotatable bonds is 6. The van der Waals surface area contributed by atoms with Gasteiger partial charge in [-0.2, -0.15) is 5.10 Å². The maximum Gasteiger partial charge on any atom is 0.213 e. The molecular formula is C18H27IN6O. The van der Waals surface area contributed by atoms with Gasteiger partial charge in [0.1, 0.15) is 6.10 Å². The van der Waals surface area contributed by atoms with E-state index in [0.717, 1.165) is 35.9 Å². The number of pyridine rings is 1. The second-order valence-corrected chi connectivity index (χ2v) is 6.25. The summed E-state index contributed by atoms with van der Waals surface area (Å²) in [4.78, 5) is 8.65. The third-order valence-electron chi connectivity index (χ3n) is 4.43. The summed E-state index contributed by atoms with van der Waals surface area (Å²) in [7, 11) is 3.68. The summed E-state index contributed by atoms with van der Waals surface area (Å²) >= 11 is 0. The lowest BCUT2D eigenvalue weighted by atomic mass is 10.3. The summed E-state index contributed by atoms with van der Waals surface area (Å²) in [5.74, 6) is 1.46. The summed E-state index contributed by atoms with van der Waals surface area (Å²) in [6, 6.07) is 5.97. The molecule has 0 amide bonds. The van der Waals surface area contributed by atoms with Crippen LogP contribution in [-0.4, -0.2) is 33.9 Å². The fourth-order valence-corrected chi connectivity index (χ4v) is 2.92. The van der Waals surface area contributed by atoms with Crippen molar-refractivity contribution < 1.29 is 4.74 Å². The first-order valence-corrected chi connectivity index (χ1v) is 8.77. The number of hydrogen-bond acceptors (Lipinski definition) is 4. The highest BCUT2D eigenvalue weighted by molar-refractivity contribution is 14.0. The summed E-state index contributed by atoms with van der Waals surface area (Å²) in [5.41, 5.74) is 2.18. The van der Waals surface area contributed by atoms with Gasteiger partial charge in [0.25, 0.3) is 0 Å². The van der Waals surface area contributed by atoms with E-state index in [2.05, 4.69) is 25.7 Å². The van der Waals surface area contributed by atoms with E-state index in [0.29, 0.717) is 19.2 Å². The molecule has 2 heterocycles. The van der Waals surface area contributed by atoms with Gasteiger partial charge in [-0.25, -0.2) is 4.98 Å². The molecular weight excluding hydrogens is 443 g/mol. The highest BCUT2D eigenvalue weighted by atomic mass is 127. The van der Waals surface area contributed by atoms with Crippen LogP contribution < -0.4 is 15.4 Å². The molecule has 1 aliphatic carbocycles. The number of ether oxygens (including phenoxy) is 1. The number of aryl methyl sites for hydroxylation is 1. The number of hydrogen-bond donors (Lipinski definition) is 2. The van der Waals surface area contributed by atoms with Crippen molar-refractivity contribution >= 4 is 29.9 Å². The second-order valence-electron chi connectivity index (χ2n) is 6.25. The molecule has 0 spiro atoms. The predicted molar refractivity (Wildman–Crippen MR) is 113 cm³/mol. The first-order chi connectivity index (χ1) is 12.2. The van der Waals surface area contributed by atoms with Crippen LogP contribution in [0.5, 0.6) is 5.88 Å². The Hall–Kier alpha value is -1.84. The Labute approximate surface area is 171 Å². The van der Waals surface area contributed by atoms with Gasteiger partial charge in [-0.15, -0.1) is 24.0 Å². The number of halogens is 1. The minimum Gasteiger partial charge on any atom is -0.474 e. The van der Waals surface area contributed by atoms with Crippen LogP contribution in [0, 0.1) is 0 Å². The first kappa shape index (κ1) is 20.5. The molecule has 0 bridgehead atoms. The quantitative estimate of drug-likeness (QED) is 0.386. The molecule has 0 radical (unpaired) electrons. The Bertz CT molecular complexity index is 694. The van der Waals surface area contributed by atoms with Crippen LogP contribution in [0.4, 0.5) is 0 Å². The number of aliphatic imine (C=N–C) groups is 1. The van der Waals surface area contributed by atoms with Crippen molar-refractivity contribution in [2.45, 2.75) is 44.9 Å². The van der Waals surface area contributed by atoms with Crippen LogP contribution in [0.15, 0.2) is 35.6 Å². The Morgan fingerprint density at radius 3 is 2.62 bits per heavy atom. The molecule has 0 unspecified atom stereocenters. The number of nitrogens with zero attached hydrogens (tertiary/aromatic N) is 4. The molecule has 26 heavy (non-hydrogen) atoms. The smallest absolute Gasteiger partial charge is 0.213 e. The lowest BCUT2D eigenvalue weighted by Gasteiger charge is -2.13. The summed E-state index contributed by atoms with van der Waals surface area (Å²) < 4.78 is 7.73. The predicted octanol–water partition coefficient (Wildman–Crippen LogP) is 2.62. The van der Waals surface area contributed by atoms with E-state index < -0.39 is 0 Å². The van der Waals surface area contributed by atoms with Gasteiger partial charge in [-0.3, -0.25) is 9.67 Å². The maximum atomic E-state index is 5.89. The molecule has 0 aromatic carbocycles. The monoisotopic (exact) mass is 470 g/mol. The van der Waals surface area contributed by atoms with E-state index in [1.54, 1.807) is 13.2 Å². The third kappa shape index (κ3) is 5.86. The zero-order valence-corrected chi connectivity index (χ0v) is 17.6. The lowest BCUT2D eigenvalue weighted by molar-refractivity contribution is 0.201. The standard InChI is InChI=1S/C18H26N6O.HI/c1-19-18(22-13-15-9-10-23-24(15)2)21-12-14-7-8-17(20-11-14)25-16-5-3-4-6-16;/h7-11,16H,3-6,12-13H2,1-2H3,(H2,19,21,22);1H. The van der Waals surface area contributed by atoms with Crippen LogP contribution >= 0.6 is 24.0 Å². The molecule has 142 valence electrons. The molecule has 0 aliphatic heterocycles. The molecule has 8 heteroatoms. The van der Waals surface area contributed by atoms with Gasteiger partial charge >= 0.3 is 0 Å². The molecule has 1 fully saturated rings. The van der Waals surface area contributed by atoms with Crippen LogP contribution in [-0.2, 0) is 20.1 Å². The van der Waals surface area contributed by atoms with Crippen LogP contribution in [0.25, 0.3) is 0 Å². The topological polar surface area (TPSA) is 76.4 Å². The zero-order valence-electron chi connectivity index (χ0n) is 15.3. The molecule has 7 nitrogen and oxygen atoms in total. The van der Waals surface area contributed by atoms with Gasteiger partial charge in [0.05, 0.1) is 12.2 Å². The highest BCUT2D eigenvalue weighted by Gasteiger charge is 2.16. The Kier molecular flexibility index (Phi) is 8.14. The summed E-state index contributed by atoms with van der Waals surface area (Å²) in [6.45, 7) is 1.32. The van der Waals surface area contributed by atoms with E-state index in [1.807, 2.05) is 36.1 Å². The minimum absolute atomic E-state index is 0. The van der Waals surface area contributed by atoms with Crippen LogP contribution in [0.1, 0.15) is 36.9 Å². The Morgan fingerprint density at radius 2 is 2.00 bits per heavy atom. The fraction of sp³-hybridized carbons (Fsp3) is 0.500. The summed E-state index contributed by atoms with van der Waals surface area (Å²) in [5, 5.41) is 10.7. The van der Waals surface area contributed by atoms with Crippen LogP contribution in [0.3, 0.4) is 0 Å². The van der Waals surface area contributed by atoms with Crippen molar-refractivity contribution in [3.05, 3.63) is 41.9 Å². The molecule has 2 aromatic rings. The van der Waals surface area contributed by atoms with Gasteiger partial charge in [-0.1, -0.05) is 6.07 Å². The van der Waals surface area contributed by atoms with Crippen molar-refractivity contribution in [1.82, 2.24) is 25.4 Å². The van der Waals surface area contributed by atoms with Crippen molar-refractivity contribution in [1.29, 1.82) is 0 Å². The normalized spacial score (nSPS) is 14.8. The van der Waals surface area contributed by atoms with Crippen molar-refractivity contribution in [2.24, 2.45) is 12.0 Å². The van der Waals surface area contributed by atoms with Crippen molar-refractivity contribution in [2.75, 3.05) is 7.05 Å². The van der Waals surface area contributed by atoms with E-state index in [-0.39, 0.29) is 24.0 Å². The van der Waals surface area contributed by atoms with E-state index in [4.69, 9.17) is 4.74 Å². The van der Waals surface area contributed by atoms with Gasteiger partial charge in [-0.05, 0) is 37.3 Å². The number of nitrogens with one attached hydrogen (secondary N) is 2. The Balaban J connectivity index is 0.00000243. The SMILES string of the molecule is CN=C(NCc1ccc(OC2CCCC2)nc1)NCc1ccnn1C.I.